The Morgan fingerprint density at radius 3 is 2.74 bits per heavy atom. The lowest BCUT2D eigenvalue weighted by Gasteiger charge is -2.26. The molecular formula is C14H25ClN4O4. The molecule has 0 spiro atoms. The zero-order valence-electron chi connectivity index (χ0n) is 13.2. The van der Waals surface area contributed by atoms with Crippen molar-refractivity contribution in [1.82, 2.24) is 9.78 Å². The van der Waals surface area contributed by atoms with Crippen molar-refractivity contribution in [2.75, 3.05) is 25.6 Å². The smallest absolute Gasteiger partial charge is 0.409 e. The third kappa shape index (κ3) is 5.89. The van der Waals surface area contributed by atoms with Crippen LogP contribution in [0.5, 0.6) is 5.88 Å². The topological polar surface area (TPSA) is 112 Å². The first-order valence-corrected chi connectivity index (χ1v) is 7.56. The van der Waals surface area contributed by atoms with Crippen LogP contribution in [0.25, 0.3) is 0 Å². The molecule has 0 unspecified atom stereocenters. The number of nitrogens with zero attached hydrogens (tertiary/aromatic N) is 2. The fraction of sp³-hybridized carbons (Fsp3) is 0.714. The molecule has 1 aromatic heterocycles. The van der Waals surface area contributed by atoms with Gasteiger partial charge in [0.1, 0.15) is 5.69 Å². The number of rotatable bonds is 7. The van der Waals surface area contributed by atoms with E-state index in [-0.39, 0.29) is 24.5 Å². The Morgan fingerprint density at radius 2 is 2.13 bits per heavy atom. The van der Waals surface area contributed by atoms with Gasteiger partial charge in [-0.25, -0.2) is 4.79 Å². The van der Waals surface area contributed by atoms with Gasteiger partial charge in [-0.05, 0) is 25.7 Å². The van der Waals surface area contributed by atoms with Gasteiger partial charge in [-0.1, -0.05) is 0 Å². The molecule has 1 saturated carbocycles. The van der Waals surface area contributed by atoms with Crippen LogP contribution in [-0.2, 0) is 4.74 Å². The average molecular weight is 349 g/mol. The molecule has 1 aliphatic rings. The van der Waals surface area contributed by atoms with Gasteiger partial charge in [0, 0.05) is 26.2 Å². The molecule has 0 saturated heterocycles. The van der Waals surface area contributed by atoms with Gasteiger partial charge >= 0.3 is 6.09 Å². The summed E-state index contributed by atoms with van der Waals surface area (Å²) in [5, 5.41) is 15.6. The number of carbonyl (C=O) groups is 1. The Kier molecular flexibility index (Phi) is 8.15. The predicted molar refractivity (Wildman–Crippen MR) is 88.6 cm³/mol. The van der Waals surface area contributed by atoms with Crippen LogP contribution in [-0.4, -0.2) is 47.3 Å². The highest BCUT2D eigenvalue weighted by Gasteiger charge is 2.23. The molecule has 9 heteroatoms. The minimum atomic E-state index is -1.13. The standard InChI is InChI=1S/C14H24N4O4.ClH/c1-21-7-2-8-22-13-12(16-14(19)20)9-18(17-13)11-5-3-10(15)4-6-11;/h9-11,16H,2-8,15H2,1H3,(H,19,20);1H. The fourth-order valence-corrected chi connectivity index (χ4v) is 2.61. The predicted octanol–water partition coefficient (Wildman–Crippen LogP) is 2.25. The van der Waals surface area contributed by atoms with Gasteiger partial charge in [0.15, 0.2) is 0 Å². The summed E-state index contributed by atoms with van der Waals surface area (Å²) in [6, 6.07) is 0.499. The molecule has 1 aromatic rings. The maximum absolute atomic E-state index is 10.9. The number of nitrogens with two attached hydrogens (primary N) is 1. The molecular weight excluding hydrogens is 324 g/mol. The van der Waals surface area contributed by atoms with Crippen LogP contribution in [0.3, 0.4) is 0 Å². The third-order valence-electron chi connectivity index (χ3n) is 3.79. The minimum absolute atomic E-state index is 0. The number of nitrogens with one attached hydrogen (secondary N) is 1. The van der Waals surface area contributed by atoms with Gasteiger partial charge < -0.3 is 20.3 Å². The summed E-state index contributed by atoms with van der Waals surface area (Å²) in [5.74, 6) is 0.313. The van der Waals surface area contributed by atoms with E-state index in [0.29, 0.717) is 31.2 Å². The van der Waals surface area contributed by atoms with E-state index in [1.165, 1.54) is 0 Å². The summed E-state index contributed by atoms with van der Waals surface area (Å²) in [6.45, 7) is 1.01. The van der Waals surface area contributed by atoms with Crippen LogP contribution >= 0.6 is 12.4 Å². The molecule has 132 valence electrons. The minimum Gasteiger partial charge on any atom is -0.475 e. The molecule has 0 bridgehead atoms. The number of methoxy groups -OCH3 is 1. The second-order valence-corrected chi connectivity index (χ2v) is 5.52. The molecule has 0 aromatic carbocycles. The largest absolute Gasteiger partial charge is 0.475 e. The Hall–Kier alpha value is -1.51. The highest BCUT2D eigenvalue weighted by atomic mass is 35.5. The van der Waals surface area contributed by atoms with Crippen molar-refractivity contribution in [1.29, 1.82) is 0 Å². The Balaban J connectivity index is 0.00000264. The van der Waals surface area contributed by atoms with Crippen LogP contribution in [0.2, 0.25) is 0 Å². The molecule has 0 aliphatic heterocycles. The SMILES string of the molecule is COCCCOc1nn(C2CCC(N)CC2)cc1NC(=O)O.Cl. The van der Waals surface area contributed by atoms with Crippen LogP contribution in [0.15, 0.2) is 6.20 Å². The van der Waals surface area contributed by atoms with Crippen molar-refractivity contribution in [3.8, 4) is 5.88 Å². The first-order valence-electron chi connectivity index (χ1n) is 7.56. The summed E-state index contributed by atoms with van der Waals surface area (Å²) in [4.78, 5) is 10.9. The summed E-state index contributed by atoms with van der Waals surface area (Å²) < 4.78 is 12.3. The molecule has 0 atom stereocenters. The number of hydrogen-bond acceptors (Lipinski definition) is 5. The highest BCUT2D eigenvalue weighted by Crippen LogP contribution is 2.31. The van der Waals surface area contributed by atoms with Crippen molar-refractivity contribution in [2.45, 2.75) is 44.2 Å². The Morgan fingerprint density at radius 1 is 1.43 bits per heavy atom. The zero-order chi connectivity index (χ0) is 15.9. The lowest BCUT2D eigenvalue weighted by atomic mass is 9.92. The van der Waals surface area contributed by atoms with Gasteiger partial charge in [-0.3, -0.25) is 10.00 Å². The maximum Gasteiger partial charge on any atom is 0.409 e. The van der Waals surface area contributed by atoms with Crippen molar-refractivity contribution in [3.05, 3.63) is 6.20 Å². The second-order valence-electron chi connectivity index (χ2n) is 5.52. The van der Waals surface area contributed by atoms with E-state index in [0.717, 1.165) is 25.7 Å². The molecule has 8 nitrogen and oxygen atoms in total. The second kappa shape index (κ2) is 9.59. The molecule has 1 heterocycles. The molecule has 4 N–H and O–H groups in total. The summed E-state index contributed by atoms with van der Waals surface area (Å²) in [7, 11) is 1.62. The average Bonchev–Trinajstić information content (AvgIpc) is 2.86. The van der Waals surface area contributed by atoms with Gasteiger partial charge in [0.25, 0.3) is 5.88 Å². The first kappa shape index (κ1) is 19.5. The van der Waals surface area contributed by atoms with E-state index in [1.807, 2.05) is 0 Å². The summed E-state index contributed by atoms with van der Waals surface area (Å²) >= 11 is 0. The van der Waals surface area contributed by atoms with Crippen molar-refractivity contribution < 1.29 is 19.4 Å². The number of hydrogen-bond donors (Lipinski definition) is 3. The number of halogens is 1. The van der Waals surface area contributed by atoms with Crippen molar-refractivity contribution >= 4 is 24.2 Å². The molecule has 1 fully saturated rings. The van der Waals surface area contributed by atoms with Gasteiger partial charge in [-0.15, -0.1) is 17.5 Å². The lowest BCUT2D eigenvalue weighted by Crippen LogP contribution is -2.28. The van der Waals surface area contributed by atoms with Crippen molar-refractivity contribution in [3.63, 3.8) is 0 Å². The van der Waals surface area contributed by atoms with E-state index in [9.17, 15) is 4.79 Å². The molecule has 0 radical (unpaired) electrons. The number of anilines is 1. The maximum atomic E-state index is 10.9. The molecule has 1 amide bonds. The summed E-state index contributed by atoms with van der Waals surface area (Å²) in [5.41, 5.74) is 6.29. The van der Waals surface area contributed by atoms with E-state index < -0.39 is 6.09 Å². The first-order chi connectivity index (χ1) is 10.6. The van der Waals surface area contributed by atoms with Gasteiger partial charge in [0.2, 0.25) is 0 Å². The molecule has 23 heavy (non-hydrogen) atoms. The van der Waals surface area contributed by atoms with E-state index >= 15 is 0 Å². The normalized spacial score (nSPS) is 20.6. The molecule has 2 rings (SSSR count). The third-order valence-corrected chi connectivity index (χ3v) is 3.79. The fourth-order valence-electron chi connectivity index (χ4n) is 2.61. The highest BCUT2D eigenvalue weighted by molar-refractivity contribution is 5.85. The summed E-state index contributed by atoms with van der Waals surface area (Å²) in [6.07, 6.45) is 5.07. The number of aromatic nitrogens is 2. The number of carboxylic acid groups (broad SMARTS) is 1. The van der Waals surface area contributed by atoms with Crippen molar-refractivity contribution in [2.24, 2.45) is 5.73 Å². The lowest BCUT2D eigenvalue weighted by molar-refractivity contribution is 0.170. The van der Waals surface area contributed by atoms with Gasteiger partial charge in [-0.2, -0.15) is 0 Å². The van der Waals surface area contributed by atoms with E-state index in [2.05, 4.69) is 10.4 Å². The van der Waals surface area contributed by atoms with Crippen LogP contribution in [0.1, 0.15) is 38.1 Å². The number of ether oxygens (including phenoxy) is 2. The van der Waals surface area contributed by atoms with E-state index in [1.54, 1.807) is 18.0 Å². The van der Waals surface area contributed by atoms with E-state index in [4.69, 9.17) is 20.3 Å². The zero-order valence-corrected chi connectivity index (χ0v) is 14.1. The van der Waals surface area contributed by atoms with Crippen LogP contribution < -0.4 is 15.8 Å². The number of amides is 1. The quantitative estimate of drug-likeness (QED) is 0.651. The molecule has 1 aliphatic carbocycles. The van der Waals surface area contributed by atoms with Gasteiger partial charge in [0.05, 0.1) is 18.8 Å². The van der Waals surface area contributed by atoms with Crippen LogP contribution in [0, 0.1) is 0 Å². The Bertz CT molecular complexity index is 489. The van der Waals surface area contributed by atoms with Crippen LogP contribution in [0.4, 0.5) is 10.5 Å². The monoisotopic (exact) mass is 348 g/mol. The Labute approximate surface area is 141 Å².